The Morgan fingerprint density at radius 2 is 1.86 bits per heavy atom. The van der Waals surface area contributed by atoms with Gasteiger partial charge in [-0.15, -0.1) is 12.4 Å². The van der Waals surface area contributed by atoms with Crippen molar-refractivity contribution < 1.29 is 9.18 Å². The van der Waals surface area contributed by atoms with Gasteiger partial charge in [0.25, 0.3) is 0 Å². The number of aryl methyl sites for hydroxylation is 1. The van der Waals surface area contributed by atoms with E-state index in [1.165, 1.54) is 12.1 Å². The van der Waals surface area contributed by atoms with Crippen LogP contribution in [-0.2, 0) is 6.42 Å². The van der Waals surface area contributed by atoms with Crippen LogP contribution in [0.2, 0.25) is 5.02 Å². The molecular formula is C21H26Cl2FN3O. The standard InChI is InChI=1S/C21H25ClFN3O.ClH/c22-17-7-11-19(12-8-17)25-21(27)26-14-13-24-15-20(26)4-2-1-3-16-5-9-18(23)10-6-16;/h5-12,20,24H,1-4,13-15H2,(H,25,27);1H. The lowest BCUT2D eigenvalue weighted by molar-refractivity contribution is 0.164. The number of anilines is 1. The maximum absolute atomic E-state index is 13.0. The van der Waals surface area contributed by atoms with Crippen molar-refractivity contribution in [2.45, 2.75) is 31.7 Å². The number of rotatable bonds is 6. The zero-order chi connectivity index (χ0) is 19.1. The molecule has 152 valence electrons. The zero-order valence-corrected chi connectivity index (χ0v) is 17.2. The molecule has 1 heterocycles. The number of nitrogens with zero attached hydrogens (tertiary/aromatic N) is 1. The van der Waals surface area contributed by atoms with Gasteiger partial charge in [-0.25, -0.2) is 9.18 Å². The fourth-order valence-corrected chi connectivity index (χ4v) is 3.50. The zero-order valence-electron chi connectivity index (χ0n) is 15.7. The van der Waals surface area contributed by atoms with Crippen LogP contribution in [0, 0.1) is 5.82 Å². The highest BCUT2D eigenvalue weighted by molar-refractivity contribution is 6.30. The molecule has 3 rings (SSSR count). The molecule has 2 amide bonds. The van der Waals surface area contributed by atoms with Crippen LogP contribution < -0.4 is 10.6 Å². The van der Waals surface area contributed by atoms with Crippen LogP contribution in [0.15, 0.2) is 48.5 Å². The SMILES string of the molecule is Cl.O=C(Nc1ccc(Cl)cc1)N1CCNCC1CCCCc1ccc(F)cc1. The number of hydrogen-bond acceptors (Lipinski definition) is 2. The number of benzene rings is 2. The van der Waals surface area contributed by atoms with Crippen molar-refractivity contribution in [2.75, 3.05) is 25.0 Å². The average molecular weight is 426 g/mol. The second-order valence-corrected chi connectivity index (χ2v) is 7.30. The minimum absolute atomic E-state index is 0. The summed E-state index contributed by atoms with van der Waals surface area (Å²) in [5, 5.41) is 6.98. The predicted octanol–water partition coefficient (Wildman–Crippen LogP) is 5.12. The summed E-state index contributed by atoms with van der Waals surface area (Å²) in [4.78, 5) is 14.6. The van der Waals surface area contributed by atoms with Gasteiger partial charge in [0.05, 0.1) is 0 Å². The summed E-state index contributed by atoms with van der Waals surface area (Å²) in [6.45, 7) is 2.31. The normalized spacial score (nSPS) is 16.4. The third-order valence-electron chi connectivity index (χ3n) is 4.87. The van der Waals surface area contributed by atoms with Gasteiger partial charge in [0.1, 0.15) is 5.82 Å². The lowest BCUT2D eigenvalue weighted by Gasteiger charge is -2.36. The van der Waals surface area contributed by atoms with Gasteiger partial charge in [0, 0.05) is 36.4 Å². The molecule has 0 aliphatic carbocycles. The molecule has 28 heavy (non-hydrogen) atoms. The molecule has 0 spiro atoms. The van der Waals surface area contributed by atoms with E-state index in [4.69, 9.17) is 11.6 Å². The van der Waals surface area contributed by atoms with Crippen LogP contribution in [-0.4, -0.2) is 36.6 Å². The molecule has 7 heteroatoms. The Hall–Kier alpha value is -1.82. The van der Waals surface area contributed by atoms with Crippen LogP contribution >= 0.6 is 24.0 Å². The highest BCUT2D eigenvalue weighted by atomic mass is 35.5. The minimum atomic E-state index is -0.200. The first kappa shape index (κ1) is 22.5. The fourth-order valence-electron chi connectivity index (χ4n) is 3.37. The highest BCUT2D eigenvalue weighted by Crippen LogP contribution is 2.17. The molecule has 1 fully saturated rings. The molecule has 1 unspecified atom stereocenters. The van der Waals surface area contributed by atoms with E-state index in [9.17, 15) is 9.18 Å². The van der Waals surface area contributed by atoms with Crippen molar-refractivity contribution >= 4 is 35.7 Å². The number of carbonyl (C=O) groups excluding carboxylic acids is 1. The lowest BCUT2D eigenvalue weighted by atomic mass is 10.0. The third-order valence-corrected chi connectivity index (χ3v) is 5.12. The van der Waals surface area contributed by atoms with Crippen LogP contribution in [0.4, 0.5) is 14.9 Å². The highest BCUT2D eigenvalue weighted by Gasteiger charge is 2.26. The Morgan fingerprint density at radius 3 is 2.57 bits per heavy atom. The summed E-state index contributed by atoms with van der Waals surface area (Å²) in [7, 11) is 0. The van der Waals surface area contributed by atoms with Gasteiger partial charge < -0.3 is 15.5 Å². The van der Waals surface area contributed by atoms with Crippen molar-refractivity contribution in [3.63, 3.8) is 0 Å². The van der Waals surface area contributed by atoms with E-state index in [0.717, 1.165) is 50.0 Å². The first-order chi connectivity index (χ1) is 13.1. The molecule has 1 aliphatic heterocycles. The van der Waals surface area contributed by atoms with E-state index in [1.54, 1.807) is 24.3 Å². The van der Waals surface area contributed by atoms with Crippen molar-refractivity contribution in [1.29, 1.82) is 0 Å². The first-order valence-corrected chi connectivity index (χ1v) is 9.78. The van der Waals surface area contributed by atoms with E-state index in [-0.39, 0.29) is 30.3 Å². The molecule has 1 aliphatic rings. The van der Waals surface area contributed by atoms with E-state index >= 15 is 0 Å². The van der Waals surface area contributed by atoms with Gasteiger partial charge in [0.2, 0.25) is 0 Å². The summed E-state index contributed by atoms with van der Waals surface area (Å²) in [6.07, 6.45) is 3.92. The maximum atomic E-state index is 13.0. The summed E-state index contributed by atoms with van der Waals surface area (Å²) >= 11 is 5.89. The number of unbranched alkanes of at least 4 members (excludes halogenated alkanes) is 1. The van der Waals surface area contributed by atoms with Crippen LogP contribution in [0.3, 0.4) is 0 Å². The van der Waals surface area contributed by atoms with E-state index in [2.05, 4.69) is 10.6 Å². The number of piperazine rings is 1. The molecule has 4 nitrogen and oxygen atoms in total. The summed E-state index contributed by atoms with van der Waals surface area (Å²) in [6, 6.07) is 13.9. The Balaban J connectivity index is 0.00000280. The Morgan fingerprint density at radius 1 is 1.14 bits per heavy atom. The molecule has 0 aromatic heterocycles. The number of hydrogen-bond donors (Lipinski definition) is 2. The van der Waals surface area contributed by atoms with Crippen LogP contribution in [0.5, 0.6) is 0 Å². The third kappa shape index (κ3) is 6.66. The van der Waals surface area contributed by atoms with E-state index in [0.29, 0.717) is 11.6 Å². The van der Waals surface area contributed by atoms with Gasteiger partial charge in [-0.3, -0.25) is 0 Å². The number of urea groups is 1. The second kappa shape index (κ2) is 11.2. The van der Waals surface area contributed by atoms with Gasteiger partial charge in [-0.1, -0.05) is 30.2 Å². The molecule has 1 saturated heterocycles. The fraction of sp³-hybridized carbons (Fsp3) is 0.381. The van der Waals surface area contributed by atoms with Gasteiger partial charge in [0.15, 0.2) is 0 Å². The molecule has 2 aromatic carbocycles. The maximum Gasteiger partial charge on any atom is 0.322 e. The summed E-state index contributed by atoms with van der Waals surface area (Å²) < 4.78 is 13.0. The second-order valence-electron chi connectivity index (χ2n) is 6.86. The molecule has 0 saturated carbocycles. The van der Waals surface area contributed by atoms with E-state index in [1.807, 2.05) is 17.0 Å². The van der Waals surface area contributed by atoms with Gasteiger partial charge in [-0.2, -0.15) is 0 Å². The Kier molecular flexibility index (Phi) is 9.03. The summed E-state index contributed by atoms with van der Waals surface area (Å²) in [5.41, 5.74) is 1.90. The molecule has 0 radical (unpaired) electrons. The summed E-state index contributed by atoms with van der Waals surface area (Å²) in [5.74, 6) is -0.200. The predicted molar refractivity (Wildman–Crippen MR) is 115 cm³/mol. The minimum Gasteiger partial charge on any atom is -0.319 e. The van der Waals surface area contributed by atoms with Gasteiger partial charge >= 0.3 is 6.03 Å². The number of halogens is 3. The first-order valence-electron chi connectivity index (χ1n) is 9.40. The number of nitrogens with one attached hydrogen (secondary N) is 2. The quantitative estimate of drug-likeness (QED) is 0.630. The van der Waals surface area contributed by atoms with Crippen LogP contribution in [0.25, 0.3) is 0 Å². The Labute approximate surface area is 176 Å². The van der Waals surface area contributed by atoms with E-state index < -0.39 is 0 Å². The lowest BCUT2D eigenvalue weighted by Crippen LogP contribution is -2.54. The molecule has 1 atom stereocenters. The molecule has 0 bridgehead atoms. The van der Waals surface area contributed by atoms with Crippen molar-refractivity contribution in [3.05, 3.63) is 64.9 Å². The smallest absolute Gasteiger partial charge is 0.319 e. The largest absolute Gasteiger partial charge is 0.322 e. The average Bonchev–Trinajstić information content (AvgIpc) is 2.69. The molecular weight excluding hydrogens is 400 g/mol. The number of amides is 2. The topological polar surface area (TPSA) is 44.4 Å². The molecule has 2 N–H and O–H groups in total. The van der Waals surface area contributed by atoms with Crippen molar-refractivity contribution in [1.82, 2.24) is 10.2 Å². The van der Waals surface area contributed by atoms with Gasteiger partial charge in [-0.05, 0) is 61.2 Å². The monoisotopic (exact) mass is 425 g/mol. The van der Waals surface area contributed by atoms with Crippen molar-refractivity contribution in [2.24, 2.45) is 0 Å². The Bertz CT molecular complexity index is 740. The number of carbonyl (C=O) groups is 1. The van der Waals surface area contributed by atoms with Crippen molar-refractivity contribution in [3.8, 4) is 0 Å². The van der Waals surface area contributed by atoms with Crippen LogP contribution in [0.1, 0.15) is 24.8 Å². The molecule has 2 aromatic rings.